The van der Waals surface area contributed by atoms with Crippen molar-refractivity contribution in [3.8, 4) is 11.3 Å². The Hall–Kier alpha value is -1.84. The number of aromatic nitrogens is 2. The zero-order valence-corrected chi connectivity index (χ0v) is 12.2. The molecule has 0 spiro atoms. The van der Waals surface area contributed by atoms with Crippen LogP contribution in [0, 0.1) is 0 Å². The molecule has 2 aromatic heterocycles. The molecule has 0 fully saturated rings. The van der Waals surface area contributed by atoms with Gasteiger partial charge in [0.1, 0.15) is 0 Å². The average molecular weight is 286 g/mol. The van der Waals surface area contributed by atoms with Crippen LogP contribution in [-0.2, 0) is 7.05 Å². The third kappa shape index (κ3) is 2.19. The van der Waals surface area contributed by atoms with Crippen molar-refractivity contribution in [1.82, 2.24) is 9.55 Å². The first kappa shape index (κ1) is 13.2. The Morgan fingerprint density at radius 3 is 2.75 bits per heavy atom. The van der Waals surface area contributed by atoms with Gasteiger partial charge in [0.25, 0.3) is 0 Å². The normalized spacial score (nSPS) is 12.8. The van der Waals surface area contributed by atoms with Crippen LogP contribution in [0.4, 0.5) is 0 Å². The highest BCUT2D eigenvalue weighted by atomic mass is 35.5. The Balaban J connectivity index is 2.19. The number of aryl methyl sites for hydroxylation is 1. The molecule has 0 amide bonds. The van der Waals surface area contributed by atoms with Crippen molar-refractivity contribution in [2.75, 3.05) is 0 Å². The number of nitrogens with two attached hydrogens (primary N) is 1. The molecule has 0 aliphatic heterocycles. The van der Waals surface area contributed by atoms with Gasteiger partial charge in [-0.2, -0.15) is 0 Å². The fourth-order valence-corrected chi connectivity index (χ4v) is 2.59. The summed E-state index contributed by atoms with van der Waals surface area (Å²) in [5.74, 6) is 0. The van der Waals surface area contributed by atoms with Crippen molar-refractivity contribution in [3.05, 3.63) is 53.3 Å². The molecule has 0 saturated heterocycles. The van der Waals surface area contributed by atoms with E-state index in [0.29, 0.717) is 0 Å². The predicted octanol–water partition coefficient (Wildman–Crippen LogP) is 3.91. The number of benzene rings is 1. The van der Waals surface area contributed by atoms with Crippen LogP contribution in [0.1, 0.15) is 18.5 Å². The van der Waals surface area contributed by atoms with Crippen LogP contribution in [0.5, 0.6) is 0 Å². The van der Waals surface area contributed by atoms with E-state index in [9.17, 15) is 0 Å². The third-order valence-corrected chi connectivity index (χ3v) is 3.82. The molecule has 1 aromatic carbocycles. The first-order chi connectivity index (χ1) is 9.56. The first-order valence-corrected chi connectivity index (χ1v) is 6.90. The number of pyridine rings is 1. The molecule has 2 N–H and O–H groups in total. The summed E-state index contributed by atoms with van der Waals surface area (Å²) in [7, 11) is 2.03. The molecular formula is C16H16ClN3. The summed E-state index contributed by atoms with van der Waals surface area (Å²) < 4.78 is 2.13. The van der Waals surface area contributed by atoms with Crippen molar-refractivity contribution in [2.24, 2.45) is 12.8 Å². The van der Waals surface area contributed by atoms with E-state index >= 15 is 0 Å². The summed E-state index contributed by atoms with van der Waals surface area (Å²) in [5, 5.41) is 1.91. The van der Waals surface area contributed by atoms with Crippen molar-refractivity contribution < 1.29 is 0 Å². The second-order valence-corrected chi connectivity index (χ2v) is 5.52. The topological polar surface area (TPSA) is 43.8 Å². The summed E-state index contributed by atoms with van der Waals surface area (Å²) in [6.45, 7) is 1.96. The Bertz CT molecular complexity index is 774. The fourth-order valence-electron chi connectivity index (χ4n) is 2.43. The van der Waals surface area contributed by atoms with Crippen molar-refractivity contribution in [1.29, 1.82) is 0 Å². The van der Waals surface area contributed by atoms with Gasteiger partial charge in [-0.15, -0.1) is 0 Å². The summed E-state index contributed by atoms with van der Waals surface area (Å²) in [5.41, 5.74) is 10.2. The average Bonchev–Trinajstić information content (AvgIpc) is 2.76. The minimum absolute atomic E-state index is 0.0217. The second kappa shape index (κ2) is 4.93. The molecule has 20 heavy (non-hydrogen) atoms. The van der Waals surface area contributed by atoms with E-state index in [1.165, 1.54) is 0 Å². The highest BCUT2D eigenvalue weighted by Gasteiger charge is 2.10. The number of hydrogen-bond donors (Lipinski definition) is 1. The second-order valence-electron chi connectivity index (χ2n) is 5.09. The van der Waals surface area contributed by atoms with Crippen LogP contribution in [0.2, 0.25) is 5.02 Å². The SMILES string of the molecule is CC(N)c1cncc(-c2cc3ccc(Cl)cc3n2C)c1. The molecule has 2 heterocycles. The van der Waals surface area contributed by atoms with Gasteiger partial charge in [0.2, 0.25) is 0 Å². The zero-order chi connectivity index (χ0) is 14.3. The monoisotopic (exact) mass is 285 g/mol. The standard InChI is InChI=1S/C16H16ClN3/c1-10(18)12-5-13(9-19-8-12)15-6-11-3-4-14(17)7-16(11)20(15)2/h3-10H,18H2,1-2H3. The van der Waals surface area contributed by atoms with Gasteiger partial charge in [0.15, 0.2) is 0 Å². The molecular weight excluding hydrogens is 270 g/mol. The lowest BCUT2D eigenvalue weighted by Gasteiger charge is -2.08. The van der Waals surface area contributed by atoms with Crippen LogP contribution in [0.3, 0.4) is 0 Å². The molecule has 1 atom stereocenters. The molecule has 102 valence electrons. The Labute approximate surface area is 123 Å². The smallest absolute Gasteiger partial charge is 0.0504 e. The minimum Gasteiger partial charge on any atom is -0.344 e. The maximum Gasteiger partial charge on any atom is 0.0504 e. The highest BCUT2D eigenvalue weighted by Crippen LogP contribution is 2.29. The number of halogens is 1. The molecule has 3 nitrogen and oxygen atoms in total. The van der Waals surface area contributed by atoms with E-state index in [4.69, 9.17) is 17.3 Å². The Kier molecular flexibility index (Phi) is 3.24. The molecule has 0 aliphatic rings. The van der Waals surface area contributed by atoms with E-state index in [0.717, 1.165) is 32.7 Å². The lowest BCUT2D eigenvalue weighted by molar-refractivity contribution is 0.811. The number of fused-ring (bicyclic) bond motifs is 1. The number of hydrogen-bond acceptors (Lipinski definition) is 2. The first-order valence-electron chi connectivity index (χ1n) is 6.52. The van der Waals surface area contributed by atoms with Crippen molar-refractivity contribution in [2.45, 2.75) is 13.0 Å². The summed E-state index contributed by atoms with van der Waals surface area (Å²) in [6.07, 6.45) is 3.68. The van der Waals surface area contributed by atoms with E-state index in [1.54, 1.807) is 0 Å². The molecule has 0 radical (unpaired) electrons. The van der Waals surface area contributed by atoms with Gasteiger partial charge in [-0.3, -0.25) is 4.98 Å². The highest BCUT2D eigenvalue weighted by molar-refractivity contribution is 6.31. The molecule has 0 saturated carbocycles. The van der Waals surface area contributed by atoms with Crippen LogP contribution in [-0.4, -0.2) is 9.55 Å². The maximum atomic E-state index is 6.07. The zero-order valence-electron chi connectivity index (χ0n) is 11.5. The lowest BCUT2D eigenvalue weighted by Crippen LogP contribution is -2.05. The molecule has 0 bridgehead atoms. The van der Waals surface area contributed by atoms with Gasteiger partial charge in [0.05, 0.1) is 5.69 Å². The van der Waals surface area contributed by atoms with Crippen LogP contribution in [0.25, 0.3) is 22.2 Å². The van der Waals surface area contributed by atoms with Crippen LogP contribution in [0.15, 0.2) is 42.7 Å². The Morgan fingerprint density at radius 1 is 1.20 bits per heavy atom. The summed E-state index contributed by atoms with van der Waals surface area (Å²) in [4.78, 5) is 4.29. The quantitative estimate of drug-likeness (QED) is 0.776. The third-order valence-electron chi connectivity index (χ3n) is 3.59. The van der Waals surface area contributed by atoms with Gasteiger partial charge < -0.3 is 10.3 Å². The summed E-state index contributed by atoms with van der Waals surface area (Å²) in [6, 6.07) is 10.1. The minimum atomic E-state index is -0.0217. The molecule has 4 heteroatoms. The number of nitrogens with zero attached hydrogens (tertiary/aromatic N) is 2. The van der Waals surface area contributed by atoms with Gasteiger partial charge in [-0.1, -0.05) is 17.7 Å². The van der Waals surface area contributed by atoms with E-state index in [-0.39, 0.29) is 6.04 Å². The lowest BCUT2D eigenvalue weighted by atomic mass is 10.1. The van der Waals surface area contributed by atoms with Crippen molar-refractivity contribution in [3.63, 3.8) is 0 Å². The van der Waals surface area contributed by atoms with Gasteiger partial charge >= 0.3 is 0 Å². The van der Waals surface area contributed by atoms with Crippen LogP contribution >= 0.6 is 11.6 Å². The van der Waals surface area contributed by atoms with E-state index in [1.807, 2.05) is 44.6 Å². The van der Waals surface area contributed by atoms with Crippen molar-refractivity contribution >= 4 is 22.5 Å². The maximum absolute atomic E-state index is 6.07. The molecule has 0 aliphatic carbocycles. The fraction of sp³-hybridized carbons (Fsp3) is 0.188. The number of rotatable bonds is 2. The van der Waals surface area contributed by atoms with Gasteiger partial charge in [-0.05, 0) is 36.8 Å². The largest absolute Gasteiger partial charge is 0.344 e. The molecule has 3 aromatic rings. The van der Waals surface area contributed by atoms with Crippen LogP contribution < -0.4 is 5.73 Å². The van der Waals surface area contributed by atoms with E-state index in [2.05, 4.69) is 21.7 Å². The van der Waals surface area contributed by atoms with Gasteiger partial charge in [-0.25, -0.2) is 0 Å². The predicted molar refractivity (Wildman–Crippen MR) is 83.8 cm³/mol. The molecule has 3 rings (SSSR count). The summed E-state index contributed by atoms with van der Waals surface area (Å²) >= 11 is 6.07. The molecule has 1 unspecified atom stereocenters. The van der Waals surface area contributed by atoms with E-state index < -0.39 is 0 Å². The van der Waals surface area contributed by atoms with Gasteiger partial charge in [0, 0.05) is 47.0 Å². The Morgan fingerprint density at radius 2 is 2.00 bits per heavy atom.